The van der Waals surface area contributed by atoms with Crippen molar-refractivity contribution in [2.24, 2.45) is 11.8 Å². The van der Waals surface area contributed by atoms with E-state index in [1.54, 1.807) is 7.11 Å². The smallest absolute Gasteiger partial charge is 0.307 e. The van der Waals surface area contributed by atoms with E-state index in [1.165, 1.54) is 0 Å². The summed E-state index contributed by atoms with van der Waals surface area (Å²) in [4.78, 5) is 25.7. The second-order valence-electron chi connectivity index (χ2n) is 5.25. The summed E-state index contributed by atoms with van der Waals surface area (Å²) in [5.74, 6) is -1.89. The highest BCUT2D eigenvalue weighted by atomic mass is 16.5. The minimum absolute atomic E-state index is 0.0173. The molecule has 2 unspecified atom stereocenters. The average molecular weight is 267 g/mol. The van der Waals surface area contributed by atoms with Crippen molar-refractivity contribution in [2.75, 3.05) is 20.3 Å². The topological polar surface area (TPSA) is 66.8 Å². The third kappa shape index (κ3) is 3.35. The molecule has 0 aliphatic heterocycles. The maximum atomic E-state index is 12.6. The van der Waals surface area contributed by atoms with Crippen molar-refractivity contribution in [2.45, 2.75) is 31.7 Å². The third-order valence-electron chi connectivity index (χ3n) is 3.87. The van der Waals surface area contributed by atoms with Gasteiger partial charge in [-0.25, -0.2) is 0 Å². The fraction of sp³-hybridized carbons (Fsp3) is 0.714. The second-order valence-corrected chi connectivity index (χ2v) is 5.25. The van der Waals surface area contributed by atoms with Gasteiger partial charge in [-0.15, -0.1) is 0 Å². The molecule has 1 fully saturated rings. The van der Waals surface area contributed by atoms with Gasteiger partial charge in [-0.2, -0.15) is 0 Å². The third-order valence-corrected chi connectivity index (χ3v) is 3.87. The molecule has 0 spiro atoms. The molecule has 2 aliphatic rings. The van der Waals surface area contributed by atoms with Crippen LogP contribution in [0.1, 0.15) is 25.7 Å². The first kappa shape index (κ1) is 14.1. The average Bonchev–Trinajstić information content (AvgIpc) is 3.23. The largest absolute Gasteiger partial charge is 0.481 e. The monoisotopic (exact) mass is 267 g/mol. The summed E-state index contributed by atoms with van der Waals surface area (Å²) < 4.78 is 5.04. The van der Waals surface area contributed by atoms with Crippen LogP contribution in [0.5, 0.6) is 0 Å². The molecule has 5 nitrogen and oxygen atoms in total. The number of carbonyl (C=O) groups is 2. The summed E-state index contributed by atoms with van der Waals surface area (Å²) in [6.45, 7) is 1.06. The molecule has 0 bridgehead atoms. The van der Waals surface area contributed by atoms with E-state index < -0.39 is 17.8 Å². The number of hydrogen-bond donors (Lipinski definition) is 1. The molecule has 2 rings (SSSR count). The van der Waals surface area contributed by atoms with E-state index in [-0.39, 0.29) is 5.91 Å². The maximum Gasteiger partial charge on any atom is 0.307 e. The van der Waals surface area contributed by atoms with Crippen molar-refractivity contribution in [1.29, 1.82) is 0 Å². The Hall–Kier alpha value is -1.36. The van der Waals surface area contributed by atoms with Gasteiger partial charge in [0.2, 0.25) is 5.91 Å². The van der Waals surface area contributed by atoms with Crippen LogP contribution in [0.15, 0.2) is 12.2 Å². The molecule has 0 radical (unpaired) electrons. The van der Waals surface area contributed by atoms with Crippen LogP contribution < -0.4 is 0 Å². The van der Waals surface area contributed by atoms with E-state index in [1.807, 2.05) is 17.1 Å². The molecule has 2 aliphatic carbocycles. The molecule has 0 aromatic rings. The number of aliphatic carboxylic acids is 1. The van der Waals surface area contributed by atoms with Crippen LogP contribution in [-0.4, -0.2) is 48.2 Å². The van der Waals surface area contributed by atoms with Gasteiger partial charge < -0.3 is 14.7 Å². The van der Waals surface area contributed by atoms with Gasteiger partial charge in [-0.3, -0.25) is 9.59 Å². The highest BCUT2D eigenvalue weighted by Gasteiger charge is 2.40. The van der Waals surface area contributed by atoms with Crippen LogP contribution in [-0.2, 0) is 14.3 Å². The molecule has 1 amide bonds. The van der Waals surface area contributed by atoms with E-state index in [0.717, 1.165) is 12.8 Å². The van der Waals surface area contributed by atoms with Crippen LogP contribution in [0.3, 0.4) is 0 Å². The lowest BCUT2D eigenvalue weighted by atomic mass is 9.82. The van der Waals surface area contributed by atoms with Crippen LogP contribution in [0, 0.1) is 11.8 Å². The van der Waals surface area contributed by atoms with Gasteiger partial charge in [0.05, 0.1) is 18.4 Å². The van der Waals surface area contributed by atoms with Gasteiger partial charge in [0, 0.05) is 19.7 Å². The summed E-state index contributed by atoms with van der Waals surface area (Å²) in [5, 5.41) is 9.24. The summed E-state index contributed by atoms with van der Waals surface area (Å²) in [7, 11) is 1.61. The number of methoxy groups -OCH3 is 1. The zero-order valence-corrected chi connectivity index (χ0v) is 11.2. The minimum Gasteiger partial charge on any atom is -0.481 e. The number of carboxylic acids is 1. The van der Waals surface area contributed by atoms with E-state index in [0.29, 0.717) is 32.0 Å². The van der Waals surface area contributed by atoms with E-state index in [9.17, 15) is 14.7 Å². The van der Waals surface area contributed by atoms with Crippen LogP contribution in [0.25, 0.3) is 0 Å². The summed E-state index contributed by atoms with van der Waals surface area (Å²) in [6.07, 6.45) is 6.81. The van der Waals surface area contributed by atoms with E-state index >= 15 is 0 Å². The quantitative estimate of drug-likeness (QED) is 0.736. The Morgan fingerprint density at radius 2 is 1.89 bits per heavy atom. The molecule has 0 heterocycles. The Balaban J connectivity index is 2.06. The summed E-state index contributed by atoms with van der Waals surface area (Å²) in [5.41, 5.74) is 0. The molecule has 5 heteroatoms. The first-order chi connectivity index (χ1) is 9.15. The number of hydrogen-bond acceptors (Lipinski definition) is 3. The predicted molar refractivity (Wildman–Crippen MR) is 69.6 cm³/mol. The number of carbonyl (C=O) groups excluding carboxylic acids is 1. The molecule has 2 atom stereocenters. The van der Waals surface area contributed by atoms with Gasteiger partial charge in [0.1, 0.15) is 0 Å². The van der Waals surface area contributed by atoms with Gasteiger partial charge in [-0.05, 0) is 25.7 Å². The van der Waals surface area contributed by atoms with Crippen LogP contribution in [0.2, 0.25) is 0 Å². The zero-order valence-electron chi connectivity index (χ0n) is 11.2. The van der Waals surface area contributed by atoms with Crippen molar-refractivity contribution in [3.8, 4) is 0 Å². The first-order valence-electron chi connectivity index (χ1n) is 6.82. The number of carboxylic acid groups (broad SMARTS) is 1. The molecule has 106 valence electrons. The van der Waals surface area contributed by atoms with Gasteiger partial charge >= 0.3 is 5.97 Å². The van der Waals surface area contributed by atoms with Crippen molar-refractivity contribution in [3.05, 3.63) is 12.2 Å². The Morgan fingerprint density at radius 3 is 2.42 bits per heavy atom. The molecule has 0 aromatic heterocycles. The van der Waals surface area contributed by atoms with Crippen LogP contribution in [0.4, 0.5) is 0 Å². The number of nitrogens with zero attached hydrogens (tertiary/aromatic N) is 1. The van der Waals surface area contributed by atoms with Crippen LogP contribution >= 0.6 is 0 Å². The minimum atomic E-state index is -0.870. The molecule has 1 saturated carbocycles. The number of rotatable bonds is 6. The van der Waals surface area contributed by atoms with E-state index in [2.05, 4.69) is 0 Å². The van der Waals surface area contributed by atoms with Gasteiger partial charge in [0.15, 0.2) is 0 Å². The lowest BCUT2D eigenvalue weighted by Gasteiger charge is -2.31. The molecular formula is C14H21NO4. The zero-order chi connectivity index (χ0) is 13.8. The maximum absolute atomic E-state index is 12.6. The number of amides is 1. The normalized spacial score (nSPS) is 26.2. The summed E-state index contributed by atoms with van der Waals surface area (Å²) in [6, 6.07) is 0.294. The number of ether oxygens (including phenoxy) is 1. The van der Waals surface area contributed by atoms with Crippen molar-refractivity contribution in [1.82, 2.24) is 4.90 Å². The summed E-state index contributed by atoms with van der Waals surface area (Å²) >= 11 is 0. The Kier molecular flexibility index (Phi) is 4.58. The molecular weight excluding hydrogens is 246 g/mol. The second kappa shape index (κ2) is 6.19. The van der Waals surface area contributed by atoms with Crippen molar-refractivity contribution in [3.63, 3.8) is 0 Å². The van der Waals surface area contributed by atoms with E-state index in [4.69, 9.17) is 4.74 Å². The van der Waals surface area contributed by atoms with Crippen molar-refractivity contribution < 1.29 is 19.4 Å². The molecule has 19 heavy (non-hydrogen) atoms. The van der Waals surface area contributed by atoms with Crippen molar-refractivity contribution >= 4 is 11.9 Å². The first-order valence-corrected chi connectivity index (χ1v) is 6.82. The lowest BCUT2D eigenvalue weighted by molar-refractivity contribution is -0.151. The fourth-order valence-corrected chi connectivity index (χ4v) is 2.62. The Labute approximate surface area is 113 Å². The standard InChI is InChI=1S/C14H21NO4/c1-19-9-8-15(10-6-7-10)13(16)11-4-2-3-5-12(11)14(17)18/h2-3,10-12H,4-9H2,1H3,(H,17,18). The molecule has 0 aromatic carbocycles. The highest BCUT2D eigenvalue weighted by Crippen LogP contribution is 2.33. The fourth-order valence-electron chi connectivity index (χ4n) is 2.62. The highest BCUT2D eigenvalue weighted by molar-refractivity contribution is 5.85. The lowest BCUT2D eigenvalue weighted by Crippen LogP contribution is -2.44. The Morgan fingerprint density at radius 1 is 1.26 bits per heavy atom. The molecule has 0 saturated heterocycles. The van der Waals surface area contributed by atoms with Gasteiger partial charge in [-0.1, -0.05) is 12.2 Å². The molecule has 1 N–H and O–H groups in total. The SMILES string of the molecule is COCCN(C(=O)C1CC=CCC1C(=O)O)C1CC1. The Bertz CT molecular complexity index is 376. The predicted octanol–water partition coefficient (Wildman–Crippen LogP) is 1.29. The number of allylic oxidation sites excluding steroid dienone is 2. The van der Waals surface area contributed by atoms with Gasteiger partial charge in [0.25, 0.3) is 0 Å².